The molecule has 1 heterocycles. The molecule has 0 saturated heterocycles. The largest absolute Gasteiger partial charge is 0.462 e. The van der Waals surface area contributed by atoms with E-state index in [4.69, 9.17) is 10.5 Å². The lowest BCUT2D eigenvalue weighted by molar-refractivity contribution is 0.0526. The molecule has 6 heteroatoms. The number of ether oxygens (including phenoxy) is 1. The number of benzene rings is 1. The van der Waals surface area contributed by atoms with Crippen molar-refractivity contribution < 1.29 is 9.53 Å². The second-order valence-corrected chi connectivity index (χ2v) is 5.25. The van der Waals surface area contributed by atoms with Crippen molar-refractivity contribution in [3.05, 3.63) is 46.2 Å². The Bertz CT molecular complexity index is 623. The van der Waals surface area contributed by atoms with Gasteiger partial charge in [-0.3, -0.25) is 0 Å². The van der Waals surface area contributed by atoms with E-state index >= 15 is 0 Å². The minimum absolute atomic E-state index is 0.0342. The smallest absolute Gasteiger partial charge is 0.341 e. The van der Waals surface area contributed by atoms with Crippen molar-refractivity contribution in [1.29, 1.82) is 0 Å². The molecule has 1 atom stereocenters. The lowest BCUT2D eigenvalue weighted by Gasteiger charge is -2.09. The number of rotatable bonds is 4. The summed E-state index contributed by atoms with van der Waals surface area (Å²) in [6.07, 6.45) is 3.13. The van der Waals surface area contributed by atoms with E-state index in [9.17, 15) is 4.79 Å². The van der Waals surface area contributed by atoms with Crippen molar-refractivity contribution >= 4 is 21.9 Å². The molecule has 2 rings (SSSR count). The first-order valence-electron chi connectivity index (χ1n) is 6.30. The highest BCUT2D eigenvalue weighted by Gasteiger charge is 2.12. The topological polar surface area (TPSA) is 70.1 Å². The second kappa shape index (κ2) is 6.19. The Balaban J connectivity index is 2.30. The first kappa shape index (κ1) is 14.7. The molecule has 0 aliphatic rings. The van der Waals surface area contributed by atoms with Crippen molar-refractivity contribution in [2.75, 3.05) is 6.61 Å². The Hall–Kier alpha value is -1.66. The van der Waals surface area contributed by atoms with Crippen LogP contribution in [0.4, 0.5) is 0 Å². The van der Waals surface area contributed by atoms with Gasteiger partial charge in [-0.1, -0.05) is 6.07 Å². The lowest BCUT2D eigenvalue weighted by atomic mass is 10.1. The standard InChI is InChI=1S/C14H16BrN3O2/c1-3-20-14(19)11-7-17-18(8-11)13-5-4-10(9(2)16)6-12(13)15/h4-9H,3,16H2,1-2H3. The van der Waals surface area contributed by atoms with Crippen molar-refractivity contribution in [2.45, 2.75) is 19.9 Å². The average molecular weight is 338 g/mol. The van der Waals surface area contributed by atoms with E-state index in [2.05, 4.69) is 21.0 Å². The normalized spacial score (nSPS) is 12.2. The highest BCUT2D eigenvalue weighted by atomic mass is 79.9. The van der Waals surface area contributed by atoms with Gasteiger partial charge in [-0.2, -0.15) is 5.10 Å². The molecule has 0 fully saturated rings. The summed E-state index contributed by atoms with van der Waals surface area (Å²) in [4.78, 5) is 11.6. The van der Waals surface area contributed by atoms with Crippen molar-refractivity contribution in [1.82, 2.24) is 9.78 Å². The molecule has 0 saturated carbocycles. The maximum Gasteiger partial charge on any atom is 0.341 e. The van der Waals surface area contributed by atoms with Gasteiger partial charge in [0, 0.05) is 16.7 Å². The highest BCUT2D eigenvalue weighted by Crippen LogP contribution is 2.24. The Morgan fingerprint density at radius 1 is 1.55 bits per heavy atom. The Morgan fingerprint density at radius 2 is 2.30 bits per heavy atom. The molecule has 2 N–H and O–H groups in total. The molecule has 106 valence electrons. The summed E-state index contributed by atoms with van der Waals surface area (Å²) in [6, 6.07) is 5.76. The van der Waals surface area contributed by atoms with E-state index in [1.165, 1.54) is 6.20 Å². The molecule has 1 aromatic heterocycles. The van der Waals surface area contributed by atoms with Crippen LogP contribution in [-0.2, 0) is 4.74 Å². The number of hydrogen-bond donors (Lipinski definition) is 1. The zero-order valence-corrected chi connectivity index (χ0v) is 12.9. The number of aromatic nitrogens is 2. The zero-order chi connectivity index (χ0) is 14.7. The molecule has 1 aromatic carbocycles. The number of nitrogens with zero attached hydrogens (tertiary/aromatic N) is 2. The van der Waals surface area contributed by atoms with Gasteiger partial charge >= 0.3 is 5.97 Å². The van der Waals surface area contributed by atoms with Crippen LogP contribution >= 0.6 is 15.9 Å². The van der Waals surface area contributed by atoms with Crippen LogP contribution in [-0.4, -0.2) is 22.4 Å². The van der Waals surface area contributed by atoms with E-state index in [-0.39, 0.29) is 12.0 Å². The number of carbonyl (C=O) groups excluding carboxylic acids is 1. The third kappa shape index (κ3) is 3.08. The predicted octanol–water partition coefficient (Wildman–Crippen LogP) is 2.83. The van der Waals surface area contributed by atoms with Crippen molar-refractivity contribution in [2.24, 2.45) is 5.73 Å². The fraction of sp³-hybridized carbons (Fsp3) is 0.286. The molecule has 5 nitrogen and oxygen atoms in total. The molecule has 2 aromatic rings. The number of esters is 1. The van der Waals surface area contributed by atoms with Crippen LogP contribution in [0.15, 0.2) is 35.1 Å². The Morgan fingerprint density at radius 3 is 2.90 bits per heavy atom. The van der Waals surface area contributed by atoms with Gasteiger partial charge in [-0.15, -0.1) is 0 Å². The van der Waals surface area contributed by atoms with Crippen LogP contribution in [0.5, 0.6) is 0 Å². The fourth-order valence-electron chi connectivity index (χ4n) is 1.77. The van der Waals surface area contributed by atoms with E-state index < -0.39 is 0 Å². The number of hydrogen-bond acceptors (Lipinski definition) is 4. The van der Waals surface area contributed by atoms with Crippen LogP contribution in [0.2, 0.25) is 0 Å². The third-order valence-electron chi connectivity index (χ3n) is 2.84. The quantitative estimate of drug-likeness (QED) is 0.871. The van der Waals surface area contributed by atoms with Crippen molar-refractivity contribution in [3.8, 4) is 5.69 Å². The van der Waals surface area contributed by atoms with Gasteiger partial charge in [0.15, 0.2) is 0 Å². The average Bonchev–Trinajstić information content (AvgIpc) is 2.88. The number of nitrogens with two attached hydrogens (primary N) is 1. The Kier molecular flexibility index (Phi) is 4.57. The van der Waals surface area contributed by atoms with Gasteiger partial charge < -0.3 is 10.5 Å². The molecule has 0 amide bonds. The van der Waals surface area contributed by atoms with Crippen molar-refractivity contribution in [3.63, 3.8) is 0 Å². The molecule has 0 aliphatic carbocycles. The van der Waals surface area contributed by atoms with E-state index in [1.807, 2.05) is 25.1 Å². The minimum Gasteiger partial charge on any atom is -0.462 e. The van der Waals surface area contributed by atoms with E-state index in [1.54, 1.807) is 17.8 Å². The van der Waals surface area contributed by atoms with Crippen LogP contribution in [0.25, 0.3) is 5.69 Å². The fourth-order valence-corrected chi connectivity index (χ4v) is 2.34. The number of carbonyl (C=O) groups is 1. The van der Waals surface area contributed by atoms with Gasteiger partial charge in [0.05, 0.1) is 24.1 Å². The second-order valence-electron chi connectivity index (χ2n) is 4.39. The summed E-state index contributed by atoms with van der Waals surface area (Å²) >= 11 is 3.50. The SMILES string of the molecule is CCOC(=O)c1cnn(-c2ccc(C(C)N)cc2Br)c1. The molecule has 1 unspecified atom stereocenters. The zero-order valence-electron chi connectivity index (χ0n) is 11.3. The molecule has 20 heavy (non-hydrogen) atoms. The molecule has 0 bridgehead atoms. The number of halogens is 1. The minimum atomic E-state index is -0.373. The summed E-state index contributed by atoms with van der Waals surface area (Å²) in [6.45, 7) is 4.04. The third-order valence-corrected chi connectivity index (χ3v) is 3.47. The highest BCUT2D eigenvalue weighted by molar-refractivity contribution is 9.10. The van der Waals surface area contributed by atoms with Gasteiger partial charge in [-0.25, -0.2) is 9.48 Å². The molecule has 0 radical (unpaired) electrons. The first-order chi connectivity index (χ1) is 9.52. The maximum atomic E-state index is 11.6. The summed E-state index contributed by atoms with van der Waals surface area (Å²) in [5.41, 5.74) is 8.13. The molecule has 0 spiro atoms. The Labute approximate surface area is 125 Å². The summed E-state index contributed by atoms with van der Waals surface area (Å²) in [5, 5.41) is 4.18. The van der Waals surface area contributed by atoms with Gasteiger partial charge in [-0.05, 0) is 47.5 Å². The van der Waals surface area contributed by atoms with Gasteiger partial charge in [0.1, 0.15) is 0 Å². The van der Waals surface area contributed by atoms with Gasteiger partial charge in [0.25, 0.3) is 0 Å². The molecular weight excluding hydrogens is 322 g/mol. The molecule has 0 aliphatic heterocycles. The lowest BCUT2D eigenvalue weighted by Crippen LogP contribution is -2.06. The molecular formula is C14H16BrN3O2. The van der Waals surface area contributed by atoms with Crippen LogP contribution in [0, 0.1) is 0 Å². The van der Waals surface area contributed by atoms with Crippen LogP contribution in [0.1, 0.15) is 35.8 Å². The predicted molar refractivity (Wildman–Crippen MR) is 79.8 cm³/mol. The van der Waals surface area contributed by atoms with Crippen LogP contribution in [0.3, 0.4) is 0 Å². The summed E-state index contributed by atoms with van der Waals surface area (Å²) in [7, 11) is 0. The van der Waals surface area contributed by atoms with Crippen LogP contribution < -0.4 is 5.73 Å². The van der Waals surface area contributed by atoms with Gasteiger partial charge in [0.2, 0.25) is 0 Å². The maximum absolute atomic E-state index is 11.6. The monoisotopic (exact) mass is 337 g/mol. The summed E-state index contributed by atoms with van der Waals surface area (Å²) < 4.78 is 7.43. The van der Waals surface area contributed by atoms with E-state index in [0.717, 1.165) is 15.7 Å². The summed E-state index contributed by atoms with van der Waals surface area (Å²) in [5.74, 6) is -0.373. The van der Waals surface area contributed by atoms with E-state index in [0.29, 0.717) is 12.2 Å². The first-order valence-corrected chi connectivity index (χ1v) is 7.09.